The Morgan fingerprint density at radius 2 is 2.16 bits per heavy atom. The monoisotopic (exact) mass is 348 g/mol. The maximum absolute atomic E-state index is 10.5. The lowest BCUT2D eigenvalue weighted by Crippen LogP contribution is -2.42. The van der Waals surface area contributed by atoms with Crippen molar-refractivity contribution < 1.29 is 19.4 Å². The van der Waals surface area contributed by atoms with E-state index in [9.17, 15) is 9.90 Å². The van der Waals surface area contributed by atoms with Crippen LogP contribution in [0.4, 0.5) is 0 Å². The molecule has 1 unspecified atom stereocenters. The first-order chi connectivity index (χ1) is 11.7. The molecule has 3 atom stereocenters. The molecule has 0 saturated heterocycles. The highest BCUT2D eigenvalue weighted by Gasteiger charge is 2.49. The predicted molar refractivity (Wildman–Crippen MR) is 99.3 cm³/mol. The van der Waals surface area contributed by atoms with Crippen molar-refractivity contribution in [2.75, 3.05) is 7.11 Å². The van der Waals surface area contributed by atoms with Gasteiger partial charge in [-0.15, -0.1) is 0 Å². The van der Waals surface area contributed by atoms with Gasteiger partial charge >= 0.3 is 0 Å². The molecule has 1 aliphatic carbocycles. The van der Waals surface area contributed by atoms with Gasteiger partial charge in [-0.1, -0.05) is 30.7 Å². The van der Waals surface area contributed by atoms with Crippen molar-refractivity contribution in [3.05, 3.63) is 35.8 Å². The molecule has 4 heteroatoms. The molecular weight excluding hydrogens is 316 g/mol. The minimum atomic E-state index is -0.281. The van der Waals surface area contributed by atoms with E-state index in [1.54, 1.807) is 6.08 Å². The Kier molecular flexibility index (Phi) is 6.15. The summed E-state index contributed by atoms with van der Waals surface area (Å²) in [7, 11) is 1.44. The second-order valence-corrected chi connectivity index (χ2v) is 8.12. The molecule has 0 aromatic heterocycles. The summed E-state index contributed by atoms with van der Waals surface area (Å²) < 4.78 is 11.1. The molecule has 2 rings (SSSR count). The molecule has 0 bridgehead atoms. The summed E-state index contributed by atoms with van der Waals surface area (Å²) in [5.74, 6) is 0.285. The average Bonchev–Trinajstić information content (AvgIpc) is 2.89. The summed E-state index contributed by atoms with van der Waals surface area (Å²) in [4.78, 5) is 10.5. The topological polar surface area (TPSA) is 55.8 Å². The van der Waals surface area contributed by atoms with E-state index < -0.39 is 0 Å². The zero-order valence-electron chi connectivity index (χ0n) is 16.0. The van der Waals surface area contributed by atoms with Gasteiger partial charge in [0.05, 0.1) is 12.7 Å². The molecule has 1 N–H and O–H groups in total. The Hall–Kier alpha value is -1.55. The molecule has 2 aliphatic rings. The number of ether oxygens (including phenoxy) is 2. The lowest BCUT2D eigenvalue weighted by atomic mass is 9.73. The quantitative estimate of drug-likeness (QED) is 0.386. The van der Waals surface area contributed by atoms with E-state index in [4.69, 9.17) is 9.47 Å². The third-order valence-corrected chi connectivity index (χ3v) is 5.84. The maximum Gasteiger partial charge on any atom is 0.275 e. The predicted octanol–water partition coefficient (Wildman–Crippen LogP) is 4.87. The number of fused-ring (bicyclic) bond motifs is 1. The fourth-order valence-corrected chi connectivity index (χ4v) is 4.27. The van der Waals surface area contributed by atoms with Gasteiger partial charge in [0.1, 0.15) is 12.4 Å². The number of hydrogen-bond donors (Lipinski definition) is 1. The Balaban J connectivity index is 2.18. The number of aliphatic hydroxyl groups excluding tert-OH is 1. The number of carbonyl (C=O) groups is 1. The highest BCUT2D eigenvalue weighted by Crippen LogP contribution is 2.56. The first-order valence-electron chi connectivity index (χ1n) is 9.17. The second-order valence-electron chi connectivity index (χ2n) is 8.12. The van der Waals surface area contributed by atoms with Crippen LogP contribution in [0.25, 0.3) is 0 Å². The number of allylic oxidation sites excluding steroid dienone is 1. The van der Waals surface area contributed by atoms with Crippen LogP contribution in [-0.2, 0) is 14.3 Å². The van der Waals surface area contributed by atoms with Crippen molar-refractivity contribution >= 4 is 6.29 Å². The molecular formula is C21H32O4. The van der Waals surface area contributed by atoms with Crippen molar-refractivity contribution in [3.8, 4) is 0 Å². The number of carbonyl (C=O) groups excluding carboxylic acids is 1. The van der Waals surface area contributed by atoms with Gasteiger partial charge in [-0.2, -0.15) is 0 Å². The number of aldehydes is 1. The molecule has 0 spiro atoms. The maximum atomic E-state index is 10.5. The van der Waals surface area contributed by atoms with E-state index in [-0.39, 0.29) is 23.1 Å². The standard InChI is InChI=1S/C21H32O4/c1-15(7-6-12-22)8-10-21(4)11-9-17-18(21)13-16(14-19(23)24-5)25-20(17,2)3/h12-14,16-17,23H,1,6-11H2,2-5H3/b19-14-/t16?,17-,21-/m1/s1. The van der Waals surface area contributed by atoms with Crippen LogP contribution in [0.3, 0.4) is 0 Å². The number of hydrogen-bond acceptors (Lipinski definition) is 4. The summed E-state index contributed by atoms with van der Waals surface area (Å²) in [6.45, 7) is 10.7. The van der Waals surface area contributed by atoms with Crippen molar-refractivity contribution in [2.24, 2.45) is 11.3 Å². The minimum Gasteiger partial charge on any atom is -0.481 e. The van der Waals surface area contributed by atoms with Crippen LogP contribution in [0.2, 0.25) is 0 Å². The van der Waals surface area contributed by atoms with Gasteiger partial charge in [0.25, 0.3) is 5.95 Å². The van der Waals surface area contributed by atoms with Crippen molar-refractivity contribution in [2.45, 2.75) is 71.0 Å². The van der Waals surface area contributed by atoms with Crippen LogP contribution in [-0.4, -0.2) is 30.2 Å². The Labute approximate surface area is 151 Å². The molecule has 1 saturated carbocycles. The lowest BCUT2D eigenvalue weighted by Gasteiger charge is -2.42. The lowest BCUT2D eigenvalue weighted by molar-refractivity contribution is -0.107. The van der Waals surface area contributed by atoms with Crippen LogP contribution < -0.4 is 0 Å². The fourth-order valence-electron chi connectivity index (χ4n) is 4.27. The van der Waals surface area contributed by atoms with Crippen LogP contribution >= 0.6 is 0 Å². The zero-order valence-corrected chi connectivity index (χ0v) is 16.0. The van der Waals surface area contributed by atoms with E-state index in [0.717, 1.165) is 44.0 Å². The first-order valence-corrected chi connectivity index (χ1v) is 9.17. The van der Waals surface area contributed by atoms with Gasteiger partial charge in [0, 0.05) is 18.4 Å². The van der Waals surface area contributed by atoms with Crippen molar-refractivity contribution in [1.29, 1.82) is 0 Å². The van der Waals surface area contributed by atoms with Gasteiger partial charge in [-0.05, 0) is 51.4 Å². The Morgan fingerprint density at radius 1 is 1.44 bits per heavy atom. The summed E-state index contributed by atoms with van der Waals surface area (Å²) >= 11 is 0. The number of methoxy groups -OCH3 is 1. The summed E-state index contributed by atoms with van der Waals surface area (Å²) in [5, 5.41) is 9.70. The molecule has 0 aromatic carbocycles. The third kappa shape index (κ3) is 4.55. The molecule has 0 amide bonds. The highest BCUT2D eigenvalue weighted by molar-refractivity contribution is 5.49. The van der Waals surface area contributed by atoms with Gasteiger partial charge in [-0.3, -0.25) is 0 Å². The molecule has 1 fully saturated rings. The smallest absolute Gasteiger partial charge is 0.275 e. The average molecular weight is 348 g/mol. The molecule has 25 heavy (non-hydrogen) atoms. The second kappa shape index (κ2) is 7.77. The van der Waals surface area contributed by atoms with E-state index in [1.807, 2.05) is 0 Å². The Morgan fingerprint density at radius 3 is 2.80 bits per heavy atom. The molecule has 1 heterocycles. The zero-order chi connectivity index (χ0) is 18.7. The largest absolute Gasteiger partial charge is 0.481 e. The van der Waals surface area contributed by atoms with Crippen LogP contribution in [0, 0.1) is 11.3 Å². The van der Waals surface area contributed by atoms with E-state index in [0.29, 0.717) is 12.3 Å². The van der Waals surface area contributed by atoms with E-state index >= 15 is 0 Å². The van der Waals surface area contributed by atoms with Crippen LogP contribution in [0.1, 0.15) is 59.3 Å². The van der Waals surface area contributed by atoms with E-state index in [1.165, 1.54) is 12.7 Å². The van der Waals surface area contributed by atoms with Crippen molar-refractivity contribution in [3.63, 3.8) is 0 Å². The molecule has 1 aliphatic heterocycles. The van der Waals surface area contributed by atoms with Gasteiger partial charge in [-0.25, -0.2) is 0 Å². The van der Waals surface area contributed by atoms with Gasteiger partial charge in [0.15, 0.2) is 0 Å². The first kappa shape index (κ1) is 19.8. The SMILES string of the molecule is C=C(CCC=O)CC[C@]1(C)CC[C@@H]2C1=CC(/C=C(/O)OC)OC2(C)C. The molecule has 140 valence electrons. The Bertz CT molecular complexity index is 572. The summed E-state index contributed by atoms with van der Waals surface area (Å²) in [6, 6.07) is 0. The molecule has 0 radical (unpaired) electrons. The minimum absolute atomic E-state index is 0.113. The highest BCUT2D eigenvalue weighted by atomic mass is 16.6. The number of aliphatic hydroxyl groups is 1. The van der Waals surface area contributed by atoms with E-state index in [2.05, 4.69) is 33.4 Å². The normalized spacial score (nSPS) is 31.2. The van der Waals surface area contributed by atoms with Gasteiger partial charge in [0.2, 0.25) is 0 Å². The molecule has 0 aromatic rings. The summed E-state index contributed by atoms with van der Waals surface area (Å²) in [5.41, 5.74) is 2.42. The van der Waals surface area contributed by atoms with Crippen LogP contribution in [0.5, 0.6) is 0 Å². The molecule has 4 nitrogen and oxygen atoms in total. The number of rotatable bonds is 8. The van der Waals surface area contributed by atoms with Gasteiger partial charge < -0.3 is 19.4 Å². The van der Waals surface area contributed by atoms with Crippen LogP contribution in [0.15, 0.2) is 35.8 Å². The van der Waals surface area contributed by atoms with Crippen molar-refractivity contribution in [1.82, 2.24) is 0 Å². The third-order valence-electron chi connectivity index (χ3n) is 5.84. The fraction of sp³-hybridized carbons (Fsp3) is 0.667. The summed E-state index contributed by atoms with van der Waals surface area (Å²) in [6.07, 6.45) is 10.0.